The lowest BCUT2D eigenvalue weighted by molar-refractivity contribution is -0.212. The molecule has 0 aromatic rings. The van der Waals surface area contributed by atoms with Gasteiger partial charge in [0.1, 0.15) is 6.10 Å². The highest BCUT2D eigenvalue weighted by Gasteiger charge is 2.69. The van der Waals surface area contributed by atoms with Crippen molar-refractivity contribution in [3.8, 4) is 0 Å². The average Bonchev–Trinajstić information content (AvgIpc) is 3.01. The van der Waals surface area contributed by atoms with Crippen LogP contribution < -0.4 is 16.4 Å². The maximum atomic E-state index is 14.4. The molecule has 0 aromatic carbocycles. The molecule has 11 atom stereocenters. The van der Waals surface area contributed by atoms with Crippen LogP contribution in [0, 0.1) is 56.7 Å². The minimum absolute atomic E-state index is 0.0173. The average molecular weight is 672 g/mol. The van der Waals surface area contributed by atoms with Gasteiger partial charge in [-0.15, -0.1) is 0 Å². The zero-order chi connectivity index (χ0) is 34.6. The zero-order valence-electron chi connectivity index (χ0n) is 30.9. The second-order valence-corrected chi connectivity index (χ2v) is 18.7. The van der Waals surface area contributed by atoms with Crippen molar-refractivity contribution in [3.05, 3.63) is 11.6 Å². The van der Waals surface area contributed by atoms with E-state index in [0.29, 0.717) is 43.2 Å². The fourth-order valence-corrected chi connectivity index (χ4v) is 12.8. The molecule has 47 heavy (non-hydrogen) atoms. The summed E-state index contributed by atoms with van der Waals surface area (Å²) in [5, 5.41) is 6.24. The molecule has 0 radical (unpaired) electrons. The Morgan fingerprint density at radius 2 is 1.66 bits per heavy atom. The first kappa shape index (κ1) is 36.7. The summed E-state index contributed by atoms with van der Waals surface area (Å²) >= 11 is 1.69. The molecule has 0 aliphatic heterocycles. The van der Waals surface area contributed by atoms with Crippen LogP contribution in [0.5, 0.6) is 0 Å². The zero-order valence-corrected chi connectivity index (χ0v) is 31.7. The Hall–Kier alpha value is -1.54. The highest BCUT2D eigenvalue weighted by Crippen LogP contribution is 2.75. The van der Waals surface area contributed by atoms with Crippen molar-refractivity contribution in [3.63, 3.8) is 0 Å². The normalized spacial score (nSPS) is 42.7. The fourth-order valence-electron chi connectivity index (χ4n) is 12.3. The SMILES string of the molecule is CSCC[C@H](N)C(=O)NCCNC(=O)[C@]12CC[C@@H](C)[C@H](C)[C@H]1C1=CC[C@@H]3[C@@]4(C)CC[C@H](OC(C)=O)C(C)(C)[C@@H]4CC[C@@]3(C)[C@]1(C)CC2. The topological polar surface area (TPSA) is 111 Å². The quantitative estimate of drug-likeness (QED) is 0.140. The summed E-state index contributed by atoms with van der Waals surface area (Å²) in [6, 6.07) is -0.506. The molecule has 5 rings (SSSR count). The first-order valence-corrected chi connectivity index (χ1v) is 20.1. The van der Waals surface area contributed by atoms with Gasteiger partial charge in [0.15, 0.2) is 0 Å². The molecule has 4 N–H and O–H groups in total. The Morgan fingerprint density at radius 1 is 0.957 bits per heavy atom. The van der Waals surface area contributed by atoms with Crippen LogP contribution in [0.15, 0.2) is 11.6 Å². The van der Waals surface area contributed by atoms with E-state index in [0.717, 1.165) is 57.1 Å². The molecule has 266 valence electrons. The molecular weight excluding hydrogens is 607 g/mol. The van der Waals surface area contributed by atoms with E-state index >= 15 is 0 Å². The predicted octanol–water partition coefficient (Wildman–Crippen LogP) is 6.89. The maximum Gasteiger partial charge on any atom is 0.302 e. The van der Waals surface area contributed by atoms with Crippen molar-refractivity contribution < 1.29 is 19.1 Å². The van der Waals surface area contributed by atoms with E-state index in [-0.39, 0.29) is 51.5 Å². The third-order valence-electron chi connectivity index (χ3n) is 15.4. The van der Waals surface area contributed by atoms with Crippen LogP contribution in [0.4, 0.5) is 0 Å². The summed E-state index contributed by atoms with van der Waals surface area (Å²) in [6.45, 7) is 19.6. The van der Waals surface area contributed by atoms with Gasteiger partial charge in [0, 0.05) is 25.4 Å². The van der Waals surface area contributed by atoms with Gasteiger partial charge < -0.3 is 21.1 Å². The standard InChI is InChI=1S/C39H65N3O4S/c1-24-12-18-39(34(45)42-22-21-41-33(44)28(40)15-23-47-9)20-19-37(7)27(32(39)25(24)2)10-11-30-36(6)16-14-31(46-26(3)43)35(4,5)29(36)13-17-38(30,37)8/h10,24-25,28-32H,11-23,40H2,1-9H3,(H,41,44)(H,42,45)/t24-,25+,28+,29+,30-,31+,32+,36+,37-,38-,39+/m1/s1. The number of nitrogens with one attached hydrogen (secondary N) is 2. The van der Waals surface area contributed by atoms with E-state index in [2.05, 4.69) is 65.2 Å². The largest absolute Gasteiger partial charge is 0.462 e. The molecular formula is C39H65N3O4S. The van der Waals surface area contributed by atoms with Gasteiger partial charge in [-0.05, 0) is 122 Å². The highest BCUT2D eigenvalue weighted by molar-refractivity contribution is 7.98. The van der Waals surface area contributed by atoms with Gasteiger partial charge in [-0.2, -0.15) is 11.8 Å². The Labute approximate surface area is 289 Å². The lowest BCUT2D eigenvalue weighted by atomic mass is 9.33. The summed E-state index contributed by atoms with van der Waals surface area (Å²) in [5.41, 5.74) is 7.53. The molecule has 5 aliphatic rings. The third-order valence-corrected chi connectivity index (χ3v) is 16.0. The molecule has 0 unspecified atom stereocenters. The number of rotatable bonds is 9. The van der Waals surface area contributed by atoms with E-state index in [1.54, 1.807) is 24.3 Å². The number of thioether (sulfide) groups is 1. The van der Waals surface area contributed by atoms with E-state index in [1.165, 1.54) is 6.42 Å². The molecule has 0 bridgehead atoms. The smallest absolute Gasteiger partial charge is 0.302 e. The second kappa shape index (κ2) is 13.3. The Balaban J connectivity index is 1.39. The van der Waals surface area contributed by atoms with Gasteiger partial charge >= 0.3 is 5.97 Å². The van der Waals surface area contributed by atoms with Gasteiger partial charge in [-0.3, -0.25) is 14.4 Å². The minimum Gasteiger partial charge on any atom is -0.462 e. The van der Waals surface area contributed by atoms with Crippen molar-refractivity contribution >= 4 is 29.5 Å². The molecule has 0 aromatic heterocycles. The Kier molecular flexibility index (Phi) is 10.4. The Morgan fingerprint density at radius 3 is 2.34 bits per heavy atom. The van der Waals surface area contributed by atoms with Crippen LogP contribution in [0.3, 0.4) is 0 Å². The second-order valence-electron chi connectivity index (χ2n) is 17.7. The number of carbonyl (C=O) groups excluding carboxylic acids is 3. The first-order valence-electron chi connectivity index (χ1n) is 18.7. The third kappa shape index (κ3) is 5.91. The van der Waals surface area contributed by atoms with Crippen molar-refractivity contribution in [1.82, 2.24) is 10.6 Å². The minimum atomic E-state index is -0.506. The summed E-state index contributed by atoms with van der Waals surface area (Å²) in [5.74, 6) is 3.04. The van der Waals surface area contributed by atoms with Crippen LogP contribution in [0.1, 0.15) is 120 Å². The van der Waals surface area contributed by atoms with Crippen LogP contribution in [-0.4, -0.2) is 55.0 Å². The molecule has 4 fully saturated rings. The summed E-state index contributed by atoms with van der Waals surface area (Å²) in [7, 11) is 0. The lowest BCUT2D eigenvalue weighted by Gasteiger charge is -2.71. The van der Waals surface area contributed by atoms with E-state index in [4.69, 9.17) is 10.5 Å². The van der Waals surface area contributed by atoms with Crippen molar-refractivity contribution in [1.29, 1.82) is 0 Å². The number of ether oxygens (including phenoxy) is 1. The van der Waals surface area contributed by atoms with Gasteiger partial charge in [-0.25, -0.2) is 0 Å². The molecule has 0 heterocycles. The number of amides is 2. The number of hydrogen-bond donors (Lipinski definition) is 3. The van der Waals surface area contributed by atoms with Crippen molar-refractivity contribution in [2.24, 2.45) is 62.4 Å². The van der Waals surface area contributed by atoms with E-state index in [1.807, 2.05) is 6.26 Å². The molecule has 4 saturated carbocycles. The molecule has 5 aliphatic carbocycles. The highest BCUT2D eigenvalue weighted by atomic mass is 32.2. The number of fused-ring (bicyclic) bond motifs is 7. The summed E-state index contributed by atoms with van der Waals surface area (Å²) in [6.07, 6.45) is 14.7. The number of hydrogen-bond acceptors (Lipinski definition) is 6. The Bertz CT molecular complexity index is 1250. The van der Waals surface area contributed by atoms with Crippen LogP contribution in [0.25, 0.3) is 0 Å². The lowest BCUT2D eigenvalue weighted by Crippen LogP contribution is -2.66. The molecule has 0 spiro atoms. The first-order chi connectivity index (χ1) is 22.0. The summed E-state index contributed by atoms with van der Waals surface area (Å²) in [4.78, 5) is 38.9. The maximum absolute atomic E-state index is 14.4. The molecule has 0 saturated heterocycles. The van der Waals surface area contributed by atoms with E-state index < -0.39 is 11.5 Å². The summed E-state index contributed by atoms with van der Waals surface area (Å²) < 4.78 is 5.94. The monoisotopic (exact) mass is 671 g/mol. The number of nitrogens with two attached hydrogens (primary N) is 1. The van der Waals surface area contributed by atoms with Crippen molar-refractivity contribution in [2.75, 3.05) is 25.1 Å². The number of carbonyl (C=O) groups is 3. The van der Waals surface area contributed by atoms with Crippen LogP contribution in [0.2, 0.25) is 0 Å². The van der Waals surface area contributed by atoms with Crippen molar-refractivity contribution in [2.45, 2.75) is 132 Å². The fraction of sp³-hybridized carbons (Fsp3) is 0.872. The van der Waals surface area contributed by atoms with Gasteiger partial charge in [-0.1, -0.05) is 60.1 Å². The molecule has 2 amide bonds. The number of esters is 1. The van der Waals surface area contributed by atoms with Gasteiger partial charge in [0.2, 0.25) is 11.8 Å². The van der Waals surface area contributed by atoms with Crippen LogP contribution in [-0.2, 0) is 19.1 Å². The van der Waals surface area contributed by atoms with E-state index in [9.17, 15) is 14.4 Å². The predicted molar refractivity (Wildman–Crippen MR) is 192 cm³/mol. The van der Waals surface area contributed by atoms with Crippen LogP contribution >= 0.6 is 11.8 Å². The van der Waals surface area contributed by atoms with Gasteiger partial charge in [0.05, 0.1) is 11.5 Å². The molecule has 7 nitrogen and oxygen atoms in total. The number of allylic oxidation sites excluding steroid dienone is 2. The van der Waals surface area contributed by atoms with Gasteiger partial charge in [0.25, 0.3) is 0 Å². The molecule has 8 heteroatoms.